The fourth-order valence-electron chi connectivity index (χ4n) is 3.63. The zero-order chi connectivity index (χ0) is 12.5. The molecule has 3 rings (SSSR count). The summed E-state index contributed by atoms with van der Waals surface area (Å²) in [6.07, 6.45) is 2.45. The second-order valence-electron chi connectivity index (χ2n) is 5.38. The molecule has 0 saturated carbocycles. The third kappa shape index (κ3) is 2.02. The molecule has 2 nitrogen and oxygen atoms in total. The lowest BCUT2D eigenvalue weighted by molar-refractivity contribution is 0.339. The number of methoxy groups -OCH3 is 1. The van der Waals surface area contributed by atoms with Gasteiger partial charge in [0, 0.05) is 31.4 Å². The molecule has 0 N–H and O–H groups in total. The van der Waals surface area contributed by atoms with E-state index in [0.29, 0.717) is 5.92 Å². The van der Waals surface area contributed by atoms with Crippen molar-refractivity contribution in [1.29, 1.82) is 0 Å². The maximum Gasteiger partial charge on any atom is 0.122 e. The average Bonchev–Trinajstić information content (AvgIpc) is 2.81. The second-order valence-corrected chi connectivity index (χ2v) is 5.76. The molecule has 3 heteroatoms. The molecule has 0 bridgehead atoms. The van der Waals surface area contributed by atoms with Crippen LogP contribution in [0.15, 0.2) is 18.2 Å². The van der Waals surface area contributed by atoms with Crippen LogP contribution < -0.4 is 4.74 Å². The van der Waals surface area contributed by atoms with E-state index in [4.69, 9.17) is 16.3 Å². The van der Waals surface area contributed by atoms with Gasteiger partial charge in [0.05, 0.1) is 7.11 Å². The molecule has 0 unspecified atom stereocenters. The SMILES string of the molecule is COc1cccc2c1CC[C@H]1CN(CCCl)C[C@@H]21. The van der Waals surface area contributed by atoms with Gasteiger partial charge in [0.25, 0.3) is 0 Å². The van der Waals surface area contributed by atoms with E-state index in [9.17, 15) is 0 Å². The van der Waals surface area contributed by atoms with Crippen molar-refractivity contribution in [3.63, 3.8) is 0 Å². The van der Waals surface area contributed by atoms with Crippen LogP contribution in [0, 0.1) is 5.92 Å². The van der Waals surface area contributed by atoms with Gasteiger partial charge in [-0.1, -0.05) is 12.1 Å². The highest BCUT2D eigenvalue weighted by molar-refractivity contribution is 6.18. The highest BCUT2D eigenvalue weighted by Gasteiger charge is 2.37. The highest BCUT2D eigenvalue weighted by atomic mass is 35.5. The van der Waals surface area contributed by atoms with Crippen molar-refractivity contribution in [2.24, 2.45) is 5.92 Å². The number of rotatable bonds is 3. The van der Waals surface area contributed by atoms with Crippen molar-refractivity contribution in [2.45, 2.75) is 18.8 Å². The van der Waals surface area contributed by atoms with Gasteiger partial charge in [-0.15, -0.1) is 11.6 Å². The number of fused-ring (bicyclic) bond motifs is 3. The standard InChI is InChI=1S/C15H20ClNO/c1-18-15-4-2-3-12-13(15)6-5-11-9-17(8-7-16)10-14(11)12/h2-4,11,14H,5-10H2,1H3/t11-,14+/m0/s1. The van der Waals surface area contributed by atoms with Crippen molar-refractivity contribution in [3.8, 4) is 5.75 Å². The van der Waals surface area contributed by atoms with E-state index < -0.39 is 0 Å². The first-order chi connectivity index (χ1) is 8.83. The Morgan fingerprint density at radius 1 is 1.39 bits per heavy atom. The number of alkyl halides is 1. The molecule has 1 aliphatic carbocycles. The number of nitrogens with zero attached hydrogens (tertiary/aromatic N) is 1. The summed E-state index contributed by atoms with van der Waals surface area (Å²) in [7, 11) is 1.77. The van der Waals surface area contributed by atoms with Gasteiger partial charge < -0.3 is 9.64 Å². The minimum Gasteiger partial charge on any atom is -0.496 e. The third-order valence-electron chi connectivity index (χ3n) is 4.47. The largest absolute Gasteiger partial charge is 0.496 e. The number of likely N-dealkylation sites (tertiary alicyclic amines) is 1. The molecule has 1 saturated heterocycles. The molecule has 1 aromatic carbocycles. The molecule has 1 aromatic rings. The number of hydrogen-bond acceptors (Lipinski definition) is 2. The summed E-state index contributed by atoms with van der Waals surface area (Å²) < 4.78 is 5.50. The van der Waals surface area contributed by atoms with Crippen LogP contribution in [0.25, 0.3) is 0 Å². The van der Waals surface area contributed by atoms with Crippen molar-refractivity contribution in [3.05, 3.63) is 29.3 Å². The highest BCUT2D eigenvalue weighted by Crippen LogP contribution is 2.43. The van der Waals surface area contributed by atoms with Crippen LogP contribution in [0.5, 0.6) is 5.75 Å². The van der Waals surface area contributed by atoms with Crippen LogP contribution in [0.2, 0.25) is 0 Å². The van der Waals surface area contributed by atoms with Crippen molar-refractivity contribution < 1.29 is 4.74 Å². The molecular weight excluding hydrogens is 246 g/mol. The first-order valence-corrected chi connectivity index (χ1v) is 7.31. The number of ether oxygens (including phenoxy) is 1. The van der Waals surface area contributed by atoms with Crippen molar-refractivity contribution >= 4 is 11.6 Å². The lowest BCUT2D eigenvalue weighted by Crippen LogP contribution is -2.22. The van der Waals surface area contributed by atoms with Crippen LogP contribution in [0.4, 0.5) is 0 Å². The summed E-state index contributed by atoms with van der Waals surface area (Å²) in [5.74, 6) is 3.31. The number of halogens is 1. The fraction of sp³-hybridized carbons (Fsp3) is 0.600. The zero-order valence-corrected chi connectivity index (χ0v) is 11.6. The van der Waals surface area contributed by atoms with E-state index in [-0.39, 0.29) is 0 Å². The number of hydrogen-bond donors (Lipinski definition) is 0. The van der Waals surface area contributed by atoms with Crippen molar-refractivity contribution in [1.82, 2.24) is 4.90 Å². The first-order valence-electron chi connectivity index (χ1n) is 6.77. The normalized spacial score (nSPS) is 26.8. The van der Waals surface area contributed by atoms with Gasteiger partial charge in [0.1, 0.15) is 5.75 Å². The van der Waals surface area contributed by atoms with E-state index >= 15 is 0 Å². The van der Waals surface area contributed by atoms with Gasteiger partial charge in [-0.3, -0.25) is 0 Å². The topological polar surface area (TPSA) is 12.5 Å². The lowest BCUT2D eigenvalue weighted by atomic mass is 9.77. The minimum atomic E-state index is 0.687. The third-order valence-corrected chi connectivity index (χ3v) is 4.64. The fourth-order valence-corrected chi connectivity index (χ4v) is 3.87. The molecule has 0 spiro atoms. The summed E-state index contributed by atoms with van der Waals surface area (Å²) in [4.78, 5) is 2.51. The van der Waals surface area contributed by atoms with E-state index in [1.54, 1.807) is 7.11 Å². The number of benzene rings is 1. The predicted octanol–water partition coefficient (Wildman–Crippen LogP) is 2.90. The van der Waals surface area contributed by atoms with E-state index in [1.807, 2.05) is 0 Å². The van der Waals surface area contributed by atoms with E-state index in [2.05, 4.69) is 23.1 Å². The molecule has 2 aliphatic rings. The van der Waals surface area contributed by atoms with Gasteiger partial charge in [0.15, 0.2) is 0 Å². The van der Waals surface area contributed by atoms with Gasteiger partial charge >= 0.3 is 0 Å². The summed E-state index contributed by atoms with van der Waals surface area (Å²) in [6.45, 7) is 3.40. The van der Waals surface area contributed by atoms with Crippen LogP contribution in [0.3, 0.4) is 0 Å². The van der Waals surface area contributed by atoms with E-state index in [1.165, 1.54) is 24.1 Å². The van der Waals surface area contributed by atoms with Crippen molar-refractivity contribution in [2.75, 3.05) is 32.6 Å². The average molecular weight is 266 g/mol. The summed E-state index contributed by atoms with van der Waals surface area (Å²) >= 11 is 5.87. The quantitative estimate of drug-likeness (QED) is 0.780. The van der Waals surface area contributed by atoms with Gasteiger partial charge in [-0.05, 0) is 36.0 Å². The maximum absolute atomic E-state index is 5.87. The molecule has 1 aliphatic heterocycles. The predicted molar refractivity (Wildman–Crippen MR) is 74.7 cm³/mol. The van der Waals surface area contributed by atoms with Gasteiger partial charge in [0.2, 0.25) is 0 Å². The minimum absolute atomic E-state index is 0.687. The molecule has 0 radical (unpaired) electrons. The Morgan fingerprint density at radius 3 is 3.06 bits per heavy atom. The first kappa shape index (κ1) is 12.3. The van der Waals surface area contributed by atoms with E-state index in [0.717, 1.165) is 37.1 Å². The Kier molecular flexibility index (Phi) is 3.49. The molecule has 0 aromatic heterocycles. The molecular formula is C15H20ClNO. The monoisotopic (exact) mass is 265 g/mol. The Bertz CT molecular complexity index is 435. The Morgan fingerprint density at radius 2 is 2.28 bits per heavy atom. The second kappa shape index (κ2) is 5.10. The molecule has 1 heterocycles. The Labute approximate surface area is 114 Å². The maximum atomic E-state index is 5.87. The molecule has 98 valence electrons. The van der Waals surface area contributed by atoms with Crippen LogP contribution in [-0.2, 0) is 6.42 Å². The van der Waals surface area contributed by atoms with Gasteiger partial charge in [-0.2, -0.15) is 0 Å². The summed E-state index contributed by atoms with van der Waals surface area (Å²) in [5, 5.41) is 0. The van der Waals surface area contributed by atoms with Crippen LogP contribution in [-0.4, -0.2) is 37.5 Å². The Balaban J connectivity index is 1.89. The zero-order valence-electron chi connectivity index (χ0n) is 10.9. The molecule has 2 atom stereocenters. The van der Waals surface area contributed by atoms with Crippen LogP contribution in [0.1, 0.15) is 23.5 Å². The molecule has 1 fully saturated rings. The smallest absolute Gasteiger partial charge is 0.122 e. The van der Waals surface area contributed by atoms with Gasteiger partial charge in [-0.25, -0.2) is 0 Å². The Hall–Kier alpha value is -0.730. The summed E-state index contributed by atoms with van der Waals surface area (Å²) in [5.41, 5.74) is 2.96. The molecule has 18 heavy (non-hydrogen) atoms. The molecule has 0 amide bonds. The summed E-state index contributed by atoms with van der Waals surface area (Å²) in [6, 6.07) is 6.51. The van der Waals surface area contributed by atoms with Crippen LogP contribution >= 0.6 is 11.6 Å². The lowest BCUT2D eigenvalue weighted by Gasteiger charge is -2.28.